The van der Waals surface area contributed by atoms with E-state index in [1.54, 1.807) is 0 Å². The molecule has 0 radical (unpaired) electrons. The first kappa shape index (κ1) is 16.4. The van der Waals surface area contributed by atoms with Gasteiger partial charge in [-0.2, -0.15) is 0 Å². The summed E-state index contributed by atoms with van der Waals surface area (Å²) < 4.78 is 12.0. The number of aryl methyl sites for hydroxylation is 1. The summed E-state index contributed by atoms with van der Waals surface area (Å²) in [5.74, 6) is 1.78. The number of benzene rings is 2. The molecule has 118 valence electrons. The summed E-state index contributed by atoms with van der Waals surface area (Å²) in [6.45, 7) is 5.63. The van der Waals surface area contributed by atoms with Crippen molar-refractivity contribution in [1.29, 1.82) is 0 Å². The van der Waals surface area contributed by atoms with E-state index in [-0.39, 0.29) is 0 Å². The van der Waals surface area contributed by atoms with Gasteiger partial charge in [0.15, 0.2) is 11.5 Å². The summed E-state index contributed by atoms with van der Waals surface area (Å²) in [5.41, 5.74) is 2.42. The van der Waals surface area contributed by atoms with Crippen LogP contribution in [-0.2, 0) is 13.0 Å². The van der Waals surface area contributed by atoms with Gasteiger partial charge in [-0.05, 0) is 36.5 Å². The lowest BCUT2D eigenvalue weighted by Gasteiger charge is -2.16. The van der Waals surface area contributed by atoms with Gasteiger partial charge >= 0.3 is 0 Å². The van der Waals surface area contributed by atoms with Crippen LogP contribution in [0.3, 0.4) is 0 Å². The van der Waals surface area contributed by atoms with E-state index < -0.39 is 0 Å². The van der Waals surface area contributed by atoms with Crippen molar-refractivity contribution in [2.45, 2.75) is 46.1 Å². The fourth-order valence-corrected chi connectivity index (χ4v) is 2.34. The van der Waals surface area contributed by atoms with Crippen molar-refractivity contribution in [1.82, 2.24) is 0 Å². The lowest BCUT2D eigenvalue weighted by atomic mass is 10.1. The first-order chi connectivity index (χ1) is 10.8. The molecule has 0 saturated heterocycles. The summed E-state index contributed by atoms with van der Waals surface area (Å²) in [6, 6.07) is 16.4. The lowest BCUT2D eigenvalue weighted by Crippen LogP contribution is -2.03. The van der Waals surface area contributed by atoms with Crippen molar-refractivity contribution in [2.24, 2.45) is 0 Å². The van der Waals surface area contributed by atoms with Gasteiger partial charge in [-0.1, -0.05) is 62.7 Å². The van der Waals surface area contributed by atoms with Crippen LogP contribution in [0.1, 0.15) is 44.2 Å². The number of hydrogen-bond acceptors (Lipinski definition) is 2. The molecule has 0 unspecified atom stereocenters. The summed E-state index contributed by atoms with van der Waals surface area (Å²) >= 11 is 0. The molecule has 0 N–H and O–H groups in total. The average molecular weight is 298 g/mol. The molecular formula is C20H26O2. The zero-order chi connectivity index (χ0) is 15.6. The highest BCUT2D eigenvalue weighted by molar-refractivity contribution is 5.47. The van der Waals surface area contributed by atoms with Crippen LogP contribution in [0.5, 0.6) is 11.5 Å². The van der Waals surface area contributed by atoms with E-state index in [2.05, 4.69) is 38.1 Å². The Hall–Kier alpha value is -1.96. The van der Waals surface area contributed by atoms with E-state index in [0.717, 1.165) is 30.9 Å². The Labute approximate surface area is 134 Å². The zero-order valence-corrected chi connectivity index (χ0v) is 13.7. The van der Waals surface area contributed by atoms with Crippen molar-refractivity contribution in [3.63, 3.8) is 0 Å². The number of ether oxygens (including phenoxy) is 2. The maximum absolute atomic E-state index is 6.02. The second-order valence-electron chi connectivity index (χ2n) is 5.47. The first-order valence-corrected chi connectivity index (χ1v) is 8.26. The topological polar surface area (TPSA) is 18.5 Å². The third-order valence-electron chi connectivity index (χ3n) is 3.55. The molecular weight excluding hydrogens is 272 g/mol. The molecule has 2 rings (SSSR count). The van der Waals surface area contributed by atoms with Gasteiger partial charge in [0.2, 0.25) is 0 Å². The number of para-hydroxylation sites is 1. The average Bonchev–Trinajstić information content (AvgIpc) is 2.57. The Morgan fingerprint density at radius 3 is 2.36 bits per heavy atom. The van der Waals surface area contributed by atoms with E-state index in [0.29, 0.717) is 6.61 Å². The van der Waals surface area contributed by atoms with Crippen LogP contribution in [0.4, 0.5) is 0 Å². The van der Waals surface area contributed by atoms with Crippen molar-refractivity contribution in [3.05, 3.63) is 59.7 Å². The molecule has 2 aromatic rings. The Bertz CT molecular complexity index is 549. The third-order valence-corrected chi connectivity index (χ3v) is 3.55. The molecule has 0 aliphatic heterocycles. The molecule has 0 bridgehead atoms. The molecule has 0 saturated carbocycles. The Balaban J connectivity index is 2.13. The van der Waals surface area contributed by atoms with E-state index >= 15 is 0 Å². The molecule has 0 aliphatic carbocycles. The second kappa shape index (κ2) is 9.14. The van der Waals surface area contributed by atoms with Gasteiger partial charge in [-0.25, -0.2) is 0 Å². The van der Waals surface area contributed by atoms with Crippen LogP contribution in [0, 0.1) is 0 Å². The van der Waals surface area contributed by atoms with Gasteiger partial charge < -0.3 is 9.47 Å². The van der Waals surface area contributed by atoms with E-state index in [1.807, 2.05) is 24.3 Å². The quantitative estimate of drug-likeness (QED) is 0.617. The highest BCUT2D eigenvalue weighted by atomic mass is 16.5. The molecule has 22 heavy (non-hydrogen) atoms. The standard InChI is InChI=1S/C20H26O2/c1-3-5-12-18-13-9-14-19(20(18)21-15-4-2)22-16-17-10-7-6-8-11-17/h6-11,13-14H,3-5,12,15-16H2,1-2H3. The maximum atomic E-state index is 6.02. The monoisotopic (exact) mass is 298 g/mol. The minimum Gasteiger partial charge on any atom is -0.489 e. The van der Waals surface area contributed by atoms with Crippen LogP contribution in [-0.4, -0.2) is 6.61 Å². The molecule has 0 heterocycles. The van der Waals surface area contributed by atoms with Gasteiger partial charge in [-0.15, -0.1) is 0 Å². The van der Waals surface area contributed by atoms with Gasteiger partial charge in [-0.3, -0.25) is 0 Å². The maximum Gasteiger partial charge on any atom is 0.164 e. The smallest absolute Gasteiger partial charge is 0.164 e. The predicted octanol–water partition coefficient (Wildman–Crippen LogP) is 5.40. The highest BCUT2D eigenvalue weighted by Gasteiger charge is 2.11. The van der Waals surface area contributed by atoms with Crippen LogP contribution >= 0.6 is 0 Å². The first-order valence-electron chi connectivity index (χ1n) is 8.26. The highest BCUT2D eigenvalue weighted by Crippen LogP contribution is 2.33. The Kier molecular flexibility index (Phi) is 6.82. The summed E-state index contributed by atoms with van der Waals surface area (Å²) in [5, 5.41) is 0. The normalized spacial score (nSPS) is 10.5. The van der Waals surface area contributed by atoms with Crippen LogP contribution in [0.2, 0.25) is 0 Å². The van der Waals surface area contributed by atoms with Crippen molar-refractivity contribution >= 4 is 0 Å². The number of rotatable bonds is 9. The molecule has 0 aromatic heterocycles. The van der Waals surface area contributed by atoms with E-state index in [1.165, 1.54) is 24.0 Å². The fourth-order valence-electron chi connectivity index (χ4n) is 2.34. The fraction of sp³-hybridized carbons (Fsp3) is 0.400. The molecule has 0 fully saturated rings. The summed E-state index contributed by atoms with van der Waals surface area (Å²) in [4.78, 5) is 0. The van der Waals surface area contributed by atoms with Crippen molar-refractivity contribution < 1.29 is 9.47 Å². The molecule has 2 aromatic carbocycles. The number of unbranched alkanes of at least 4 members (excludes halogenated alkanes) is 1. The van der Waals surface area contributed by atoms with E-state index in [4.69, 9.17) is 9.47 Å². The minimum atomic E-state index is 0.570. The van der Waals surface area contributed by atoms with Gasteiger partial charge in [0.05, 0.1) is 6.61 Å². The molecule has 2 nitrogen and oxygen atoms in total. The lowest BCUT2D eigenvalue weighted by molar-refractivity contribution is 0.259. The molecule has 2 heteroatoms. The summed E-state index contributed by atoms with van der Waals surface area (Å²) in [7, 11) is 0. The van der Waals surface area contributed by atoms with Crippen LogP contribution < -0.4 is 9.47 Å². The van der Waals surface area contributed by atoms with Crippen molar-refractivity contribution in [3.8, 4) is 11.5 Å². The number of hydrogen-bond donors (Lipinski definition) is 0. The van der Waals surface area contributed by atoms with Gasteiger partial charge in [0.25, 0.3) is 0 Å². The largest absolute Gasteiger partial charge is 0.489 e. The molecule has 0 amide bonds. The predicted molar refractivity (Wildman–Crippen MR) is 91.6 cm³/mol. The molecule has 0 aliphatic rings. The van der Waals surface area contributed by atoms with Crippen LogP contribution in [0.25, 0.3) is 0 Å². The molecule has 0 spiro atoms. The Morgan fingerprint density at radius 1 is 0.818 bits per heavy atom. The van der Waals surface area contributed by atoms with Crippen LogP contribution in [0.15, 0.2) is 48.5 Å². The SMILES string of the molecule is CCCCc1cccc(OCc2ccccc2)c1OCCC. The van der Waals surface area contributed by atoms with E-state index in [9.17, 15) is 0 Å². The minimum absolute atomic E-state index is 0.570. The second-order valence-corrected chi connectivity index (χ2v) is 5.47. The van der Waals surface area contributed by atoms with Gasteiger partial charge in [0.1, 0.15) is 6.61 Å². The zero-order valence-electron chi connectivity index (χ0n) is 13.7. The Morgan fingerprint density at radius 2 is 1.64 bits per heavy atom. The molecule has 0 atom stereocenters. The third kappa shape index (κ3) is 4.80. The van der Waals surface area contributed by atoms with Gasteiger partial charge in [0, 0.05) is 0 Å². The summed E-state index contributed by atoms with van der Waals surface area (Å²) in [6.07, 6.45) is 4.39. The van der Waals surface area contributed by atoms with Crippen molar-refractivity contribution in [2.75, 3.05) is 6.61 Å².